The molecule has 1 atom stereocenters. The maximum absolute atomic E-state index is 12.6. The van der Waals surface area contributed by atoms with E-state index in [1.54, 1.807) is 31.2 Å². The summed E-state index contributed by atoms with van der Waals surface area (Å²) in [6.45, 7) is 3.97. The van der Waals surface area contributed by atoms with Crippen molar-refractivity contribution in [1.82, 2.24) is 16.1 Å². The first-order valence-electron chi connectivity index (χ1n) is 15.3. The lowest BCUT2D eigenvalue weighted by molar-refractivity contribution is -0.136. The van der Waals surface area contributed by atoms with Gasteiger partial charge < -0.3 is 34.3 Å². The zero-order valence-electron chi connectivity index (χ0n) is 27.3. The van der Waals surface area contributed by atoms with E-state index in [1.807, 2.05) is 37.3 Å². The van der Waals surface area contributed by atoms with Gasteiger partial charge in [-0.3, -0.25) is 4.79 Å². The molecule has 3 amide bonds. The molecule has 5 rings (SSSR count). The first kappa shape index (κ1) is 35.0. The number of urea groups is 1. The maximum Gasteiger partial charge on any atom is 0.337 e. The Bertz CT molecular complexity index is 1940. The van der Waals surface area contributed by atoms with Crippen molar-refractivity contribution in [3.63, 3.8) is 0 Å². The van der Waals surface area contributed by atoms with E-state index in [1.165, 1.54) is 20.4 Å². The predicted octanol–water partition coefficient (Wildman–Crippen LogP) is 5.76. The normalized spacial score (nSPS) is 14.2. The number of hydrogen-bond donors (Lipinski definition) is 3. The Kier molecular flexibility index (Phi) is 11.6. The van der Waals surface area contributed by atoms with E-state index < -0.39 is 23.9 Å². The van der Waals surface area contributed by atoms with Crippen LogP contribution in [0.3, 0.4) is 0 Å². The van der Waals surface area contributed by atoms with E-state index >= 15 is 0 Å². The zero-order chi connectivity index (χ0) is 34.9. The van der Waals surface area contributed by atoms with Gasteiger partial charge >= 0.3 is 12.0 Å². The lowest BCUT2D eigenvalue weighted by Gasteiger charge is -2.28. The number of nitrogens with zero attached hydrogens (tertiary/aromatic N) is 1. The van der Waals surface area contributed by atoms with E-state index in [0.29, 0.717) is 47.3 Å². The molecule has 4 aromatic rings. The average Bonchev–Trinajstić information content (AvgIpc) is 3.09. The molecule has 12 nitrogen and oxygen atoms in total. The fourth-order valence-corrected chi connectivity index (χ4v) is 6.08. The molecule has 13 heteroatoms. The number of rotatable bonds is 13. The molecule has 3 N–H and O–H groups in total. The molecule has 0 spiro atoms. The molecular formula is C36H35IN4O8. The largest absolute Gasteiger partial charge is 0.493 e. The summed E-state index contributed by atoms with van der Waals surface area (Å²) in [7, 11) is 2.71. The molecule has 0 bridgehead atoms. The van der Waals surface area contributed by atoms with E-state index in [-0.39, 0.29) is 17.9 Å². The van der Waals surface area contributed by atoms with Gasteiger partial charge in [0.1, 0.15) is 6.61 Å². The van der Waals surface area contributed by atoms with E-state index in [9.17, 15) is 14.4 Å². The van der Waals surface area contributed by atoms with Crippen LogP contribution in [0.25, 0.3) is 10.8 Å². The lowest BCUT2D eigenvalue weighted by atomic mass is 9.95. The van der Waals surface area contributed by atoms with Crippen LogP contribution in [0, 0.1) is 3.57 Å². The number of ether oxygens (including phenoxy) is 5. The van der Waals surface area contributed by atoms with Gasteiger partial charge in [0.25, 0.3) is 5.91 Å². The highest BCUT2D eigenvalue weighted by atomic mass is 127. The van der Waals surface area contributed by atoms with Gasteiger partial charge in [-0.15, -0.1) is 0 Å². The van der Waals surface area contributed by atoms with Crippen molar-refractivity contribution in [3.8, 4) is 23.0 Å². The Hall–Kier alpha value is -5.31. The third kappa shape index (κ3) is 8.41. The number of fused-ring (bicyclic) bond motifs is 1. The monoisotopic (exact) mass is 778 g/mol. The van der Waals surface area contributed by atoms with Crippen molar-refractivity contribution in [3.05, 3.63) is 104 Å². The van der Waals surface area contributed by atoms with Gasteiger partial charge in [-0.1, -0.05) is 48.5 Å². The van der Waals surface area contributed by atoms with Gasteiger partial charge in [-0.2, -0.15) is 5.10 Å². The van der Waals surface area contributed by atoms with Crippen LogP contribution in [0.1, 0.15) is 36.6 Å². The molecule has 4 aromatic carbocycles. The number of nitrogens with one attached hydrogen (secondary N) is 3. The third-order valence-electron chi connectivity index (χ3n) is 7.54. The second kappa shape index (κ2) is 16.2. The number of esters is 1. The van der Waals surface area contributed by atoms with E-state index in [2.05, 4.69) is 62.0 Å². The second-order valence-corrected chi connectivity index (χ2v) is 11.9. The fourth-order valence-electron chi connectivity index (χ4n) is 5.30. The Morgan fingerprint density at radius 1 is 0.959 bits per heavy atom. The second-order valence-electron chi connectivity index (χ2n) is 10.7. The summed E-state index contributed by atoms with van der Waals surface area (Å²) in [6.07, 6.45) is 1.51. The summed E-state index contributed by atoms with van der Waals surface area (Å²) < 4.78 is 29.0. The number of amides is 3. The van der Waals surface area contributed by atoms with Gasteiger partial charge in [0, 0.05) is 5.70 Å². The minimum absolute atomic E-state index is 0.251. The lowest BCUT2D eigenvalue weighted by Crippen LogP contribution is -2.45. The summed E-state index contributed by atoms with van der Waals surface area (Å²) in [6, 6.07) is 21.6. The quantitative estimate of drug-likeness (QED) is 0.0673. The van der Waals surface area contributed by atoms with Crippen molar-refractivity contribution in [2.24, 2.45) is 5.10 Å². The van der Waals surface area contributed by atoms with Crippen molar-refractivity contribution in [2.45, 2.75) is 26.5 Å². The first-order chi connectivity index (χ1) is 23.7. The molecule has 254 valence electrons. The van der Waals surface area contributed by atoms with E-state index in [4.69, 9.17) is 23.7 Å². The number of carbonyl (C=O) groups excluding carboxylic acids is 3. The summed E-state index contributed by atoms with van der Waals surface area (Å²) in [5.41, 5.74) is 5.41. The summed E-state index contributed by atoms with van der Waals surface area (Å²) in [5.74, 6) is 0.672. The Morgan fingerprint density at radius 2 is 1.76 bits per heavy atom. The Balaban J connectivity index is 1.21. The molecule has 0 aromatic heterocycles. The first-order valence-corrected chi connectivity index (χ1v) is 16.3. The minimum Gasteiger partial charge on any atom is -0.493 e. The van der Waals surface area contributed by atoms with Gasteiger partial charge in [-0.05, 0) is 88.2 Å². The molecule has 0 aliphatic carbocycles. The number of halogens is 1. The molecule has 0 fully saturated rings. The third-order valence-corrected chi connectivity index (χ3v) is 8.34. The predicted molar refractivity (Wildman–Crippen MR) is 192 cm³/mol. The smallest absolute Gasteiger partial charge is 0.337 e. The van der Waals surface area contributed by atoms with Crippen LogP contribution in [0.4, 0.5) is 4.79 Å². The van der Waals surface area contributed by atoms with Gasteiger partial charge in [0.05, 0.1) is 42.2 Å². The number of carbonyl (C=O) groups is 3. The van der Waals surface area contributed by atoms with Crippen molar-refractivity contribution in [1.29, 1.82) is 0 Å². The number of benzene rings is 4. The van der Waals surface area contributed by atoms with Crippen LogP contribution >= 0.6 is 22.6 Å². The van der Waals surface area contributed by atoms with Crippen molar-refractivity contribution >= 4 is 57.5 Å². The minimum atomic E-state index is -0.780. The number of hydrazone groups is 1. The Labute approximate surface area is 296 Å². The van der Waals surface area contributed by atoms with Gasteiger partial charge in [0.15, 0.2) is 29.6 Å². The molecule has 0 unspecified atom stereocenters. The Morgan fingerprint density at radius 3 is 2.53 bits per heavy atom. The molecule has 49 heavy (non-hydrogen) atoms. The molecule has 1 aliphatic heterocycles. The molecule has 1 heterocycles. The molecule has 0 saturated heterocycles. The zero-order valence-corrected chi connectivity index (χ0v) is 29.5. The summed E-state index contributed by atoms with van der Waals surface area (Å²) >= 11 is 2.19. The highest BCUT2D eigenvalue weighted by Crippen LogP contribution is 2.36. The summed E-state index contributed by atoms with van der Waals surface area (Å²) in [5, 5.41) is 11.7. The highest BCUT2D eigenvalue weighted by molar-refractivity contribution is 14.1. The van der Waals surface area contributed by atoms with Crippen molar-refractivity contribution < 1.29 is 38.1 Å². The molecule has 1 aliphatic rings. The van der Waals surface area contributed by atoms with Crippen molar-refractivity contribution in [2.75, 3.05) is 27.4 Å². The molecular weight excluding hydrogens is 743 g/mol. The van der Waals surface area contributed by atoms with Crippen LogP contribution in [0.5, 0.6) is 23.0 Å². The van der Waals surface area contributed by atoms with Gasteiger partial charge in [0.2, 0.25) is 0 Å². The van der Waals surface area contributed by atoms with Crippen LogP contribution < -0.4 is 35.0 Å². The van der Waals surface area contributed by atoms with Crippen LogP contribution in [-0.4, -0.2) is 51.6 Å². The highest BCUT2D eigenvalue weighted by Gasteiger charge is 2.32. The SMILES string of the molecule is CCOc1cc(/C=N\NC(=O)COc2ccc([C@@H]3NC(=O)NC(C)=C3C(=O)OC)cc2OC)cc(I)c1OCc1cccc2ccccc12. The van der Waals surface area contributed by atoms with Gasteiger partial charge in [-0.25, -0.2) is 15.0 Å². The topological polar surface area (TPSA) is 146 Å². The molecule has 0 saturated carbocycles. The standard InChI is InChI=1S/C36H35IN4O8/c1-5-47-30-16-22(15-27(37)34(30)49-19-25-11-8-10-23-9-6-7-12-26(23)25)18-38-41-31(42)20-48-28-14-13-24(17-29(28)45-3)33-32(35(43)46-4)21(2)39-36(44)40-33/h6-18,33H,5,19-20H2,1-4H3,(H,41,42)(H2,39,40,44)/b38-18-/t33-/m0/s1. The van der Waals surface area contributed by atoms with E-state index in [0.717, 1.165) is 19.9 Å². The number of hydrogen-bond acceptors (Lipinski definition) is 9. The fraction of sp³-hybridized carbons (Fsp3) is 0.222. The number of allylic oxidation sites excluding steroid dienone is 1. The molecule has 0 radical (unpaired) electrons. The van der Waals surface area contributed by atoms with Crippen LogP contribution in [-0.2, 0) is 20.9 Å². The van der Waals surface area contributed by atoms with Crippen LogP contribution in [0.2, 0.25) is 0 Å². The van der Waals surface area contributed by atoms with Crippen LogP contribution in [0.15, 0.2) is 89.2 Å². The maximum atomic E-state index is 12.6. The number of methoxy groups -OCH3 is 2. The summed E-state index contributed by atoms with van der Waals surface area (Å²) in [4.78, 5) is 37.2. The average molecular weight is 779 g/mol.